The molecule has 0 saturated carbocycles. The van der Waals surface area contributed by atoms with E-state index in [0.29, 0.717) is 0 Å². The van der Waals surface area contributed by atoms with Crippen LogP contribution in [-0.2, 0) is 26.6 Å². The smallest absolute Gasteiger partial charge is 0.157 e. The van der Waals surface area contributed by atoms with Crippen molar-refractivity contribution in [3.8, 4) is 5.75 Å². The Kier molecular flexibility index (Phi) is 3.50. The van der Waals surface area contributed by atoms with E-state index in [1.54, 1.807) is 7.11 Å². The highest BCUT2D eigenvalue weighted by Gasteiger charge is 2.17. The van der Waals surface area contributed by atoms with Crippen LogP contribution in [0.3, 0.4) is 0 Å². The summed E-state index contributed by atoms with van der Waals surface area (Å²) in [5.74, 6) is 0.948. The molecule has 0 bridgehead atoms. The van der Waals surface area contributed by atoms with Crippen molar-refractivity contribution in [2.75, 3.05) is 13.7 Å². The number of pyridine rings is 1. The fourth-order valence-electron chi connectivity index (χ4n) is 3.28. The van der Waals surface area contributed by atoms with Crippen molar-refractivity contribution in [1.29, 1.82) is 0 Å². The lowest BCUT2D eigenvalue weighted by Crippen LogP contribution is -2.30. The van der Waals surface area contributed by atoms with E-state index < -0.39 is 0 Å². The molecule has 118 valence electrons. The zero-order chi connectivity index (χ0) is 15.8. The van der Waals surface area contributed by atoms with Crippen LogP contribution in [0.2, 0.25) is 0 Å². The number of aromatic nitrogens is 3. The zero-order valence-electron chi connectivity index (χ0n) is 13.5. The second kappa shape index (κ2) is 5.66. The van der Waals surface area contributed by atoms with Crippen molar-refractivity contribution in [3.63, 3.8) is 0 Å². The molecule has 1 aliphatic heterocycles. The maximum absolute atomic E-state index is 5.32. The van der Waals surface area contributed by atoms with Gasteiger partial charge in [-0.3, -0.25) is 9.58 Å². The summed E-state index contributed by atoms with van der Waals surface area (Å²) < 4.78 is 7.13. The standard InChI is InChI=1S/C18H20N4O/c1-21-18-16(10-20-21)7-13(9-19-18)11-22-6-5-14-8-17(23-2)4-3-15(14)12-22/h3-4,7-10H,5-6,11-12H2,1-2H3. The number of hydrogen-bond acceptors (Lipinski definition) is 4. The number of ether oxygens (including phenoxy) is 1. The average Bonchev–Trinajstić information content (AvgIpc) is 2.95. The quantitative estimate of drug-likeness (QED) is 0.746. The fourth-order valence-corrected chi connectivity index (χ4v) is 3.28. The van der Waals surface area contributed by atoms with E-state index >= 15 is 0 Å². The minimum atomic E-state index is 0.920. The van der Waals surface area contributed by atoms with Gasteiger partial charge in [-0.15, -0.1) is 0 Å². The van der Waals surface area contributed by atoms with Gasteiger partial charge in [0.05, 0.1) is 13.3 Å². The van der Waals surface area contributed by atoms with Gasteiger partial charge in [-0.05, 0) is 41.3 Å². The Hall–Kier alpha value is -2.40. The molecule has 0 unspecified atom stereocenters. The minimum Gasteiger partial charge on any atom is -0.497 e. The van der Waals surface area contributed by atoms with Gasteiger partial charge >= 0.3 is 0 Å². The molecule has 5 heteroatoms. The predicted molar refractivity (Wildman–Crippen MR) is 89.3 cm³/mol. The Labute approximate surface area is 135 Å². The molecular weight excluding hydrogens is 288 g/mol. The number of aryl methyl sites for hydroxylation is 1. The van der Waals surface area contributed by atoms with Crippen molar-refractivity contribution in [3.05, 3.63) is 53.3 Å². The molecule has 1 aromatic carbocycles. The average molecular weight is 308 g/mol. The zero-order valence-corrected chi connectivity index (χ0v) is 13.5. The lowest BCUT2D eigenvalue weighted by atomic mass is 9.99. The molecule has 1 aliphatic rings. The number of fused-ring (bicyclic) bond motifs is 2. The Morgan fingerprint density at radius 3 is 2.96 bits per heavy atom. The van der Waals surface area contributed by atoms with Gasteiger partial charge in [0.15, 0.2) is 5.65 Å². The van der Waals surface area contributed by atoms with Gasteiger partial charge in [-0.1, -0.05) is 6.07 Å². The van der Waals surface area contributed by atoms with Gasteiger partial charge in [-0.2, -0.15) is 5.10 Å². The maximum Gasteiger partial charge on any atom is 0.157 e. The largest absolute Gasteiger partial charge is 0.497 e. The van der Waals surface area contributed by atoms with E-state index in [2.05, 4.69) is 33.2 Å². The lowest BCUT2D eigenvalue weighted by molar-refractivity contribution is 0.245. The molecule has 5 nitrogen and oxygen atoms in total. The first-order chi connectivity index (χ1) is 11.2. The Morgan fingerprint density at radius 1 is 1.17 bits per heavy atom. The van der Waals surface area contributed by atoms with Crippen LogP contribution in [0, 0.1) is 0 Å². The number of hydrogen-bond donors (Lipinski definition) is 0. The molecule has 0 atom stereocenters. The highest BCUT2D eigenvalue weighted by Crippen LogP contribution is 2.25. The third-order valence-electron chi connectivity index (χ3n) is 4.54. The molecule has 0 amide bonds. The molecule has 0 spiro atoms. The lowest BCUT2D eigenvalue weighted by Gasteiger charge is -2.29. The molecule has 0 fully saturated rings. The van der Waals surface area contributed by atoms with E-state index in [4.69, 9.17) is 4.74 Å². The van der Waals surface area contributed by atoms with E-state index in [9.17, 15) is 0 Å². The van der Waals surface area contributed by atoms with Gasteiger partial charge < -0.3 is 4.74 Å². The van der Waals surface area contributed by atoms with Crippen molar-refractivity contribution < 1.29 is 4.74 Å². The van der Waals surface area contributed by atoms with Crippen molar-refractivity contribution in [2.45, 2.75) is 19.5 Å². The topological polar surface area (TPSA) is 43.2 Å². The third-order valence-corrected chi connectivity index (χ3v) is 4.54. The van der Waals surface area contributed by atoms with Crippen LogP contribution in [-0.4, -0.2) is 33.3 Å². The second-order valence-electron chi connectivity index (χ2n) is 6.12. The van der Waals surface area contributed by atoms with Crippen LogP contribution in [0.25, 0.3) is 11.0 Å². The summed E-state index contributed by atoms with van der Waals surface area (Å²) in [5.41, 5.74) is 4.97. The first-order valence-electron chi connectivity index (χ1n) is 7.88. The minimum absolute atomic E-state index is 0.920. The highest BCUT2D eigenvalue weighted by molar-refractivity contribution is 5.74. The van der Waals surface area contributed by atoms with Crippen LogP contribution in [0.1, 0.15) is 16.7 Å². The van der Waals surface area contributed by atoms with Gasteiger partial charge in [0.2, 0.25) is 0 Å². The van der Waals surface area contributed by atoms with Gasteiger partial charge in [-0.25, -0.2) is 4.98 Å². The SMILES string of the molecule is COc1ccc2c(c1)CCN(Cc1cnc3c(cnn3C)c1)C2. The fraction of sp³-hybridized carbons (Fsp3) is 0.333. The molecule has 4 rings (SSSR count). The van der Waals surface area contributed by atoms with Crippen LogP contribution >= 0.6 is 0 Å². The first-order valence-corrected chi connectivity index (χ1v) is 7.88. The maximum atomic E-state index is 5.32. The molecule has 3 aromatic rings. The second-order valence-corrected chi connectivity index (χ2v) is 6.12. The molecule has 23 heavy (non-hydrogen) atoms. The van der Waals surface area contributed by atoms with E-state index in [1.165, 1.54) is 16.7 Å². The van der Waals surface area contributed by atoms with Crippen molar-refractivity contribution >= 4 is 11.0 Å². The van der Waals surface area contributed by atoms with E-state index in [-0.39, 0.29) is 0 Å². The molecule has 0 N–H and O–H groups in total. The number of methoxy groups -OCH3 is 1. The van der Waals surface area contributed by atoms with Crippen molar-refractivity contribution in [2.24, 2.45) is 7.05 Å². The summed E-state index contributed by atoms with van der Waals surface area (Å²) in [5, 5.41) is 5.36. The number of rotatable bonds is 3. The van der Waals surface area contributed by atoms with Gasteiger partial charge in [0, 0.05) is 38.3 Å². The van der Waals surface area contributed by atoms with Gasteiger partial charge in [0.25, 0.3) is 0 Å². The molecule has 0 aliphatic carbocycles. The van der Waals surface area contributed by atoms with Crippen molar-refractivity contribution in [1.82, 2.24) is 19.7 Å². The summed E-state index contributed by atoms with van der Waals surface area (Å²) in [7, 11) is 3.64. The molecule has 2 aromatic heterocycles. The number of nitrogens with zero attached hydrogens (tertiary/aromatic N) is 4. The highest BCUT2D eigenvalue weighted by atomic mass is 16.5. The van der Waals surface area contributed by atoms with E-state index in [1.807, 2.05) is 30.2 Å². The Morgan fingerprint density at radius 2 is 2.09 bits per heavy atom. The summed E-state index contributed by atoms with van der Waals surface area (Å²) in [6, 6.07) is 8.59. The third kappa shape index (κ3) is 2.68. The number of benzene rings is 1. The van der Waals surface area contributed by atoms with Gasteiger partial charge in [0.1, 0.15) is 5.75 Å². The monoisotopic (exact) mass is 308 g/mol. The molecule has 0 saturated heterocycles. The summed E-state index contributed by atoms with van der Waals surface area (Å²) in [6.07, 6.45) is 4.91. The normalized spacial score (nSPS) is 14.9. The molecule has 0 radical (unpaired) electrons. The van der Waals surface area contributed by atoms with Crippen LogP contribution < -0.4 is 4.74 Å². The summed E-state index contributed by atoms with van der Waals surface area (Å²) in [6.45, 7) is 2.96. The molecular formula is C18H20N4O. The Bertz CT molecular complexity index is 855. The van der Waals surface area contributed by atoms with Crippen LogP contribution in [0.5, 0.6) is 5.75 Å². The summed E-state index contributed by atoms with van der Waals surface area (Å²) in [4.78, 5) is 7.00. The molecule has 3 heterocycles. The van der Waals surface area contributed by atoms with E-state index in [0.717, 1.165) is 42.8 Å². The van der Waals surface area contributed by atoms with Crippen LogP contribution in [0.15, 0.2) is 36.7 Å². The first kappa shape index (κ1) is 14.2. The Balaban J connectivity index is 1.52. The van der Waals surface area contributed by atoms with Crippen LogP contribution in [0.4, 0.5) is 0 Å². The predicted octanol–water partition coefficient (Wildman–Crippen LogP) is 2.54. The summed E-state index contributed by atoms with van der Waals surface area (Å²) >= 11 is 0.